The molecule has 13 N–H and O–H groups in total. The lowest BCUT2D eigenvalue weighted by Gasteiger charge is -2.43. The fraction of sp³-hybridized carbons (Fsp3) is 0.676. The number of aliphatic hydroxyl groups excluding tert-OH is 9. The Labute approximate surface area is 735 Å². The van der Waals surface area contributed by atoms with Crippen LogP contribution in [0.15, 0.2) is 188 Å². The molecule has 0 aromatic rings. The van der Waals surface area contributed by atoms with Crippen molar-refractivity contribution in [2.24, 2.45) is 69.0 Å². The molecule has 0 heterocycles. The summed E-state index contributed by atoms with van der Waals surface area (Å²) in [6.07, 6.45) is 50.2. The maximum absolute atomic E-state index is 12.2. The Kier molecular flexibility index (Phi) is 34.3. The van der Waals surface area contributed by atoms with Crippen molar-refractivity contribution in [1.82, 2.24) is 0 Å². The lowest BCUT2D eigenvalue weighted by molar-refractivity contribution is -0.134. The van der Waals surface area contributed by atoms with Gasteiger partial charge in [-0.25, -0.2) is 0 Å². The van der Waals surface area contributed by atoms with E-state index in [1.54, 1.807) is 47.1 Å². The molecule has 14 heteroatoms. The number of rotatable bonds is 21. The van der Waals surface area contributed by atoms with Crippen LogP contribution in [0.25, 0.3) is 0 Å². The second-order valence-corrected chi connectivity index (χ2v) is 42.8. The molecule has 0 bridgehead atoms. The first-order chi connectivity index (χ1) is 56.9. The normalized spacial score (nSPS) is 35.9. The van der Waals surface area contributed by atoms with E-state index in [9.17, 15) is 71.2 Å². The van der Waals surface area contributed by atoms with Crippen LogP contribution in [-0.4, -0.2) is 150 Å². The molecular formula is C108H162O14. The number of ketones is 1. The van der Waals surface area contributed by atoms with Crippen molar-refractivity contribution in [1.29, 1.82) is 0 Å². The third-order valence-corrected chi connectivity index (χ3v) is 31.0. The molecule has 12 aliphatic rings. The van der Waals surface area contributed by atoms with E-state index in [1.807, 2.05) is 13.8 Å². The van der Waals surface area contributed by atoms with E-state index < -0.39 is 77.3 Å². The Hall–Kier alpha value is -5.45. The Morgan fingerprint density at radius 2 is 0.721 bits per heavy atom. The number of aliphatic hydroxyl groups is 13. The van der Waals surface area contributed by atoms with Gasteiger partial charge in [0.15, 0.2) is 5.78 Å². The van der Waals surface area contributed by atoms with Crippen LogP contribution in [0.3, 0.4) is 0 Å². The van der Waals surface area contributed by atoms with E-state index in [0.29, 0.717) is 112 Å². The zero-order chi connectivity index (χ0) is 90.2. The van der Waals surface area contributed by atoms with Crippen LogP contribution in [0, 0.1) is 80.8 Å². The van der Waals surface area contributed by atoms with Gasteiger partial charge >= 0.3 is 0 Å². The predicted octanol–water partition coefficient (Wildman–Crippen LogP) is 19.9. The van der Waals surface area contributed by atoms with E-state index in [4.69, 9.17) is 0 Å². The van der Waals surface area contributed by atoms with Gasteiger partial charge in [0.25, 0.3) is 0 Å². The van der Waals surface area contributed by atoms with Gasteiger partial charge in [-0.05, 0) is 329 Å². The lowest BCUT2D eigenvalue weighted by atomic mass is 9.62. The van der Waals surface area contributed by atoms with Crippen molar-refractivity contribution in [2.45, 2.75) is 394 Å². The number of Topliss-reactive ketones (excluding diaryl/α,β-unsaturated/α-hetero) is 1. The number of allylic oxidation sites excluding steroid dienone is 20. The van der Waals surface area contributed by atoms with E-state index in [1.165, 1.54) is 71.1 Å². The van der Waals surface area contributed by atoms with Crippen molar-refractivity contribution in [2.75, 3.05) is 0 Å². The topological polar surface area (TPSA) is 280 Å². The minimum absolute atomic E-state index is 0.0902. The molecule has 0 aromatic carbocycles. The maximum atomic E-state index is 12.2. The summed E-state index contributed by atoms with van der Waals surface area (Å²) in [5.41, 5.74) is 15.7. The molecule has 0 radical (unpaired) electrons. The van der Waals surface area contributed by atoms with E-state index >= 15 is 0 Å². The van der Waals surface area contributed by atoms with Gasteiger partial charge in [0.05, 0.1) is 66.1 Å². The van der Waals surface area contributed by atoms with Gasteiger partial charge in [-0.1, -0.05) is 217 Å². The van der Waals surface area contributed by atoms with Gasteiger partial charge in [0, 0.05) is 38.5 Å². The van der Waals surface area contributed by atoms with Gasteiger partial charge < -0.3 is 66.4 Å². The highest BCUT2D eigenvalue weighted by Crippen LogP contribution is 2.61. The number of fused-ring (bicyclic) bond motifs is 4. The molecule has 12 rings (SSSR count). The summed E-state index contributed by atoms with van der Waals surface area (Å²) in [5.74, 6) is 9.71. The SMILES string of the molecule is C=C1/C(=C\C=C2/CCCC3(C)C([C@H](C)CC#CC(C)(C)O)=CCC23)C[C@H](O)C[C@@H]1O.C=C1/C(=C\C=C2/CCC[C@]3(C)C([C@H](C)CCC(=O)C(C)(C)O)=CCC23)C[C@H](O)C[C@@H]1O.C=C1/C(=C\C=C2/CCC[C@]3(C)C([C@H](C)CCC(O)C(C)(C)O)=CC[C@@H]23)C[C@H](O)C[C@@H]1O.C=C1/C(=C\C=C2/CCC[C@]3(C)C([C@H](C)CCCC(C)(C)O)=CCC23)C[C@H](O)C[C@@H]1O. The zero-order valence-corrected chi connectivity index (χ0v) is 77.9. The summed E-state index contributed by atoms with van der Waals surface area (Å²) < 4.78 is 0. The molecule has 0 spiro atoms. The molecule has 0 saturated heterocycles. The Balaban J connectivity index is 0.000000185. The summed E-state index contributed by atoms with van der Waals surface area (Å²) in [4.78, 5) is 12.2. The molecule has 0 aliphatic heterocycles. The molecule has 14 nitrogen and oxygen atoms in total. The van der Waals surface area contributed by atoms with Crippen LogP contribution < -0.4 is 0 Å². The van der Waals surface area contributed by atoms with Gasteiger partial charge in [-0.3, -0.25) is 4.79 Å². The highest BCUT2D eigenvalue weighted by molar-refractivity contribution is 5.86. The highest BCUT2D eigenvalue weighted by Gasteiger charge is 2.51. The average Bonchev–Trinajstić information content (AvgIpc) is 1.61. The van der Waals surface area contributed by atoms with E-state index in [2.05, 4.69) is 166 Å². The molecule has 678 valence electrons. The lowest BCUT2D eigenvalue weighted by Crippen LogP contribution is -2.36. The quantitative estimate of drug-likeness (QED) is 0.0376. The second kappa shape index (κ2) is 41.8. The van der Waals surface area contributed by atoms with Crippen LogP contribution in [0.2, 0.25) is 0 Å². The Morgan fingerprint density at radius 3 is 1.00 bits per heavy atom. The fourth-order valence-corrected chi connectivity index (χ4v) is 23.6. The first kappa shape index (κ1) is 100. The standard InChI is InChI=1S/C27H42O4.C27H40O4.C27H42O3.C27H38O3/c2*1-17(8-13-25(30)26(3,4)31)22-11-12-23-19(7-6-14-27(22,23)5)9-10-20-15-21(28)16-24(29)18(20)2;2*1-18(8-6-14-26(3,4)30)23-12-13-24-20(9-7-15-27(23,24)5)10-11-21-16-22(28)17-25(29)19(21)2/h9-11,17,21,23-25,28-31H,2,6-8,12-16H2,1,3-5H3;9-11,17,21,23-24,28-29,31H,2,6-8,12-16H2,1,3-5H3;10-12,18,22,24-25,28-30H,2,6-9,13-17H2,1,3-5H3;10-12,18,22,24-25,28-30H,2,7-9,13,15-17H2,1,3-5H3/b2*19-9+,20-10-;2*20-10+,21-11-/t17-,21+,23+,24+,25?,27-;17-,21+,23?,24+,27-;18-,22+,24?,25+,27-;18-,22+,24?,25+,27?/m1111/s1. The molecule has 21 atom stereocenters. The van der Waals surface area contributed by atoms with Gasteiger partial charge in [-0.2, -0.15) is 0 Å². The fourth-order valence-electron chi connectivity index (χ4n) is 23.6. The zero-order valence-electron chi connectivity index (χ0n) is 77.9. The maximum Gasteiger partial charge on any atom is 0.163 e. The minimum atomic E-state index is -1.26. The number of hydrogen-bond acceptors (Lipinski definition) is 14. The predicted molar refractivity (Wildman–Crippen MR) is 496 cm³/mol. The van der Waals surface area contributed by atoms with Crippen molar-refractivity contribution in [3.8, 4) is 11.8 Å². The summed E-state index contributed by atoms with van der Waals surface area (Å²) in [5, 5.41) is 131. The summed E-state index contributed by atoms with van der Waals surface area (Å²) in [7, 11) is 0. The first-order valence-corrected chi connectivity index (χ1v) is 47.1. The van der Waals surface area contributed by atoms with Crippen LogP contribution in [0.4, 0.5) is 0 Å². The van der Waals surface area contributed by atoms with Crippen molar-refractivity contribution in [3.05, 3.63) is 188 Å². The van der Waals surface area contributed by atoms with Crippen LogP contribution in [0.5, 0.6) is 0 Å². The van der Waals surface area contributed by atoms with Crippen LogP contribution >= 0.6 is 0 Å². The van der Waals surface area contributed by atoms with Crippen LogP contribution in [-0.2, 0) is 4.79 Å². The van der Waals surface area contributed by atoms with E-state index in [0.717, 1.165) is 154 Å². The third kappa shape index (κ3) is 25.1. The average molecular weight is 1680 g/mol. The first-order valence-electron chi connectivity index (χ1n) is 47.1. The molecule has 0 amide bonds. The second-order valence-electron chi connectivity index (χ2n) is 42.8. The molecule has 0 aromatic heterocycles. The Bertz CT molecular complexity index is 4200. The van der Waals surface area contributed by atoms with Crippen LogP contribution in [0.1, 0.15) is 316 Å². The third-order valence-electron chi connectivity index (χ3n) is 31.0. The summed E-state index contributed by atoms with van der Waals surface area (Å²) in [6, 6.07) is 0. The molecular weight excluding hydrogens is 1520 g/mol. The minimum Gasteiger partial charge on any atom is -0.393 e. The molecule has 8 saturated carbocycles. The summed E-state index contributed by atoms with van der Waals surface area (Å²) in [6.45, 7) is 48.6. The Morgan fingerprint density at radius 1 is 0.434 bits per heavy atom. The smallest absolute Gasteiger partial charge is 0.163 e. The molecule has 5 unspecified atom stereocenters. The largest absolute Gasteiger partial charge is 0.393 e. The molecule has 122 heavy (non-hydrogen) atoms. The highest BCUT2D eigenvalue weighted by atomic mass is 16.3. The molecule has 8 fully saturated rings. The van der Waals surface area contributed by atoms with Crippen molar-refractivity contribution >= 4 is 5.78 Å². The number of hydrogen-bond donors (Lipinski definition) is 13. The number of carbonyl (C=O) groups is 1. The summed E-state index contributed by atoms with van der Waals surface area (Å²) >= 11 is 0. The number of carbonyl (C=O) groups excluding carboxylic acids is 1. The monoisotopic (exact) mass is 1680 g/mol. The van der Waals surface area contributed by atoms with Gasteiger partial charge in [0.1, 0.15) is 11.2 Å². The van der Waals surface area contributed by atoms with Crippen molar-refractivity contribution < 1.29 is 71.2 Å². The van der Waals surface area contributed by atoms with Gasteiger partial charge in [0.2, 0.25) is 0 Å². The van der Waals surface area contributed by atoms with Gasteiger partial charge in [-0.15, -0.1) is 0 Å². The van der Waals surface area contributed by atoms with Crippen molar-refractivity contribution in [3.63, 3.8) is 0 Å². The van der Waals surface area contributed by atoms with E-state index in [-0.39, 0.29) is 27.4 Å². The molecule has 12 aliphatic carbocycles.